The highest BCUT2D eigenvalue weighted by Crippen LogP contribution is 2.24. The van der Waals surface area contributed by atoms with E-state index in [-0.39, 0.29) is 0 Å². The number of benzene rings is 1. The van der Waals surface area contributed by atoms with E-state index >= 15 is 0 Å². The number of hydrogen-bond acceptors (Lipinski definition) is 2. The molecule has 3 nitrogen and oxygen atoms in total. The zero-order chi connectivity index (χ0) is 14.5. The van der Waals surface area contributed by atoms with Crippen molar-refractivity contribution in [3.8, 4) is 0 Å². The Balaban J connectivity index is 2.08. The summed E-state index contributed by atoms with van der Waals surface area (Å²) in [5, 5.41) is 8.61. The summed E-state index contributed by atoms with van der Waals surface area (Å²) in [7, 11) is 2.09. The number of halogens is 1. The molecule has 1 aliphatic carbocycles. The molecule has 1 saturated carbocycles. The third-order valence-corrected chi connectivity index (χ3v) is 3.85. The number of aliphatic carboxylic acids is 1. The van der Waals surface area contributed by atoms with Crippen LogP contribution in [0.3, 0.4) is 0 Å². The molecule has 0 bridgehead atoms. The molecule has 0 radical (unpaired) electrons. The molecule has 2 rings (SSSR count). The van der Waals surface area contributed by atoms with Gasteiger partial charge in [0.1, 0.15) is 5.82 Å². The summed E-state index contributed by atoms with van der Waals surface area (Å²) in [6, 6.07) is 5.50. The Hall–Kier alpha value is -1.68. The fourth-order valence-corrected chi connectivity index (χ4v) is 2.74. The van der Waals surface area contributed by atoms with Gasteiger partial charge in [-0.05, 0) is 43.7 Å². The molecule has 0 unspecified atom stereocenters. The first-order valence-corrected chi connectivity index (χ1v) is 6.96. The summed E-state index contributed by atoms with van der Waals surface area (Å²) < 4.78 is 13.6. The van der Waals surface area contributed by atoms with E-state index in [2.05, 4.69) is 11.9 Å². The highest BCUT2D eigenvalue weighted by Gasteiger charge is 2.19. The first-order chi connectivity index (χ1) is 9.56. The smallest absolute Gasteiger partial charge is 0.328 e. The topological polar surface area (TPSA) is 40.5 Å². The van der Waals surface area contributed by atoms with Crippen molar-refractivity contribution in [2.45, 2.75) is 38.3 Å². The summed E-state index contributed by atoms with van der Waals surface area (Å²) in [6.45, 7) is 0.763. The first-order valence-electron chi connectivity index (χ1n) is 6.96. The van der Waals surface area contributed by atoms with Crippen molar-refractivity contribution < 1.29 is 14.3 Å². The maximum atomic E-state index is 13.6. The van der Waals surface area contributed by atoms with E-state index in [1.165, 1.54) is 37.8 Å². The van der Waals surface area contributed by atoms with Gasteiger partial charge in [-0.3, -0.25) is 4.90 Å². The molecule has 108 valence electrons. The number of carboxylic acids is 1. The van der Waals surface area contributed by atoms with E-state index in [0.29, 0.717) is 11.6 Å². The summed E-state index contributed by atoms with van der Waals surface area (Å²) in [5.41, 5.74) is 1.33. The number of hydrogen-bond donors (Lipinski definition) is 1. The lowest BCUT2D eigenvalue weighted by Gasteiger charge is -2.24. The van der Waals surface area contributed by atoms with Gasteiger partial charge in [0, 0.05) is 24.2 Å². The van der Waals surface area contributed by atoms with E-state index in [1.807, 2.05) is 0 Å². The molecular formula is C16H20FNO2. The van der Waals surface area contributed by atoms with Crippen molar-refractivity contribution >= 4 is 12.0 Å². The maximum Gasteiger partial charge on any atom is 0.328 e. The second-order valence-corrected chi connectivity index (χ2v) is 5.38. The molecule has 4 heteroatoms. The van der Waals surface area contributed by atoms with Crippen LogP contribution in [-0.2, 0) is 11.3 Å². The molecule has 0 aliphatic heterocycles. The molecule has 0 atom stereocenters. The van der Waals surface area contributed by atoms with Gasteiger partial charge in [0.05, 0.1) is 0 Å². The quantitative estimate of drug-likeness (QED) is 0.839. The first kappa shape index (κ1) is 14.7. The van der Waals surface area contributed by atoms with Crippen molar-refractivity contribution in [1.82, 2.24) is 4.90 Å². The van der Waals surface area contributed by atoms with Crippen LogP contribution in [0, 0.1) is 5.82 Å². The number of carboxylic acid groups (broad SMARTS) is 1. The summed E-state index contributed by atoms with van der Waals surface area (Å²) in [6.07, 6.45) is 7.28. The minimum absolute atomic E-state index is 0.324. The van der Waals surface area contributed by atoms with Crippen molar-refractivity contribution in [2.75, 3.05) is 7.05 Å². The van der Waals surface area contributed by atoms with Gasteiger partial charge in [-0.2, -0.15) is 0 Å². The monoisotopic (exact) mass is 277 g/mol. The minimum atomic E-state index is -1.07. The van der Waals surface area contributed by atoms with Crippen LogP contribution in [-0.4, -0.2) is 29.1 Å². The molecule has 0 amide bonds. The third-order valence-electron chi connectivity index (χ3n) is 3.85. The van der Waals surface area contributed by atoms with Crippen LogP contribution in [0.5, 0.6) is 0 Å². The van der Waals surface area contributed by atoms with E-state index in [4.69, 9.17) is 5.11 Å². The molecule has 0 saturated heterocycles. The highest BCUT2D eigenvalue weighted by atomic mass is 19.1. The van der Waals surface area contributed by atoms with Gasteiger partial charge >= 0.3 is 5.97 Å². The van der Waals surface area contributed by atoms with Crippen LogP contribution in [0.25, 0.3) is 6.08 Å². The van der Waals surface area contributed by atoms with Gasteiger partial charge in [-0.15, -0.1) is 0 Å². The predicted octanol–water partition coefficient (Wildman–Crippen LogP) is 3.30. The van der Waals surface area contributed by atoms with E-state index in [1.54, 1.807) is 12.1 Å². The van der Waals surface area contributed by atoms with E-state index in [9.17, 15) is 9.18 Å². The van der Waals surface area contributed by atoms with Gasteiger partial charge < -0.3 is 5.11 Å². The molecule has 0 heterocycles. The van der Waals surface area contributed by atoms with Crippen LogP contribution in [0.2, 0.25) is 0 Å². The molecule has 0 aromatic heterocycles. The zero-order valence-electron chi connectivity index (χ0n) is 11.7. The van der Waals surface area contributed by atoms with Crippen molar-refractivity contribution in [3.63, 3.8) is 0 Å². The zero-order valence-corrected chi connectivity index (χ0v) is 11.7. The molecular weight excluding hydrogens is 257 g/mol. The highest BCUT2D eigenvalue weighted by molar-refractivity contribution is 5.85. The second kappa shape index (κ2) is 6.66. The molecule has 1 aromatic carbocycles. The van der Waals surface area contributed by atoms with Crippen LogP contribution >= 0.6 is 0 Å². The average Bonchev–Trinajstić information content (AvgIpc) is 2.93. The average molecular weight is 277 g/mol. The third kappa shape index (κ3) is 3.90. The summed E-state index contributed by atoms with van der Waals surface area (Å²) in [4.78, 5) is 12.8. The van der Waals surface area contributed by atoms with Crippen LogP contribution in [0.15, 0.2) is 24.3 Å². The number of carbonyl (C=O) groups is 1. The standard InChI is InChI=1S/C16H20FNO2/c1-18(14-4-2-3-5-14)11-12-6-8-15(17)13(10-12)7-9-16(19)20/h6-10,14H,2-5,11H2,1H3,(H,19,20). The lowest BCUT2D eigenvalue weighted by molar-refractivity contribution is -0.131. The van der Waals surface area contributed by atoms with Gasteiger partial charge in [0.15, 0.2) is 0 Å². The van der Waals surface area contributed by atoms with Crippen molar-refractivity contribution in [3.05, 3.63) is 41.2 Å². The molecule has 0 spiro atoms. The Labute approximate surface area is 118 Å². The normalized spacial score (nSPS) is 16.4. The van der Waals surface area contributed by atoms with Crippen molar-refractivity contribution in [1.29, 1.82) is 0 Å². The molecule has 20 heavy (non-hydrogen) atoms. The Morgan fingerprint density at radius 1 is 1.45 bits per heavy atom. The molecule has 1 aromatic rings. The Kier molecular flexibility index (Phi) is 4.90. The van der Waals surface area contributed by atoms with Gasteiger partial charge in [-0.1, -0.05) is 18.9 Å². The fraction of sp³-hybridized carbons (Fsp3) is 0.438. The van der Waals surface area contributed by atoms with E-state index in [0.717, 1.165) is 18.2 Å². The second-order valence-electron chi connectivity index (χ2n) is 5.38. The molecule has 1 fully saturated rings. The van der Waals surface area contributed by atoms with Crippen LogP contribution < -0.4 is 0 Å². The largest absolute Gasteiger partial charge is 0.478 e. The molecule has 1 N–H and O–H groups in total. The lowest BCUT2D eigenvalue weighted by Crippen LogP contribution is -2.28. The van der Waals surface area contributed by atoms with E-state index < -0.39 is 11.8 Å². The summed E-state index contributed by atoms with van der Waals surface area (Å²) >= 11 is 0. The van der Waals surface area contributed by atoms with Gasteiger partial charge in [0.25, 0.3) is 0 Å². The lowest BCUT2D eigenvalue weighted by atomic mass is 10.1. The minimum Gasteiger partial charge on any atom is -0.478 e. The Morgan fingerprint density at radius 2 is 2.15 bits per heavy atom. The Bertz CT molecular complexity index is 507. The maximum absolute atomic E-state index is 13.6. The summed E-state index contributed by atoms with van der Waals surface area (Å²) in [5.74, 6) is -1.47. The molecule has 1 aliphatic rings. The SMILES string of the molecule is CN(Cc1ccc(F)c(C=CC(=O)O)c1)C1CCCC1. The number of nitrogens with zero attached hydrogens (tertiary/aromatic N) is 1. The van der Waals surface area contributed by atoms with Gasteiger partial charge in [0.2, 0.25) is 0 Å². The predicted molar refractivity (Wildman–Crippen MR) is 76.8 cm³/mol. The van der Waals surface area contributed by atoms with Crippen LogP contribution in [0.1, 0.15) is 36.8 Å². The number of rotatable bonds is 5. The fourth-order valence-electron chi connectivity index (χ4n) is 2.74. The Morgan fingerprint density at radius 3 is 2.80 bits per heavy atom. The van der Waals surface area contributed by atoms with Crippen molar-refractivity contribution in [2.24, 2.45) is 0 Å². The van der Waals surface area contributed by atoms with Crippen LogP contribution in [0.4, 0.5) is 4.39 Å². The van der Waals surface area contributed by atoms with Gasteiger partial charge in [-0.25, -0.2) is 9.18 Å².